The zero-order chi connectivity index (χ0) is 11.6. The van der Waals surface area contributed by atoms with Gasteiger partial charge < -0.3 is 0 Å². The van der Waals surface area contributed by atoms with Gasteiger partial charge in [0.25, 0.3) is 0 Å². The molecule has 0 aromatic carbocycles. The van der Waals surface area contributed by atoms with Crippen LogP contribution >= 0.6 is 0 Å². The molecule has 0 N–H and O–H groups in total. The highest BCUT2D eigenvalue weighted by Gasteiger charge is 2.13. The first kappa shape index (κ1) is 11.9. The van der Waals surface area contributed by atoms with Crippen molar-refractivity contribution in [1.82, 2.24) is 9.97 Å². The Bertz CT molecular complexity index is 384. The van der Waals surface area contributed by atoms with Crippen LogP contribution in [0.25, 0.3) is 6.08 Å². The molecule has 2 heteroatoms. The molecule has 0 aliphatic rings. The van der Waals surface area contributed by atoms with Crippen molar-refractivity contribution in [3.63, 3.8) is 0 Å². The topological polar surface area (TPSA) is 25.8 Å². The van der Waals surface area contributed by atoms with Crippen molar-refractivity contribution in [2.45, 2.75) is 41.5 Å². The van der Waals surface area contributed by atoms with E-state index in [9.17, 15) is 0 Å². The number of aromatic nitrogens is 2. The Morgan fingerprint density at radius 1 is 1.27 bits per heavy atom. The molecule has 2 nitrogen and oxygen atoms in total. The van der Waals surface area contributed by atoms with E-state index in [1.165, 1.54) is 5.57 Å². The van der Waals surface area contributed by atoms with E-state index in [4.69, 9.17) is 0 Å². The molecule has 0 unspecified atom stereocenters. The summed E-state index contributed by atoms with van der Waals surface area (Å²) in [5.74, 6) is 0. The lowest BCUT2D eigenvalue weighted by atomic mass is 9.87. The number of rotatable bonds is 1. The van der Waals surface area contributed by atoms with Crippen molar-refractivity contribution in [3.8, 4) is 0 Å². The van der Waals surface area contributed by atoms with Crippen molar-refractivity contribution in [2.24, 2.45) is 5.41 Å². The Morgan fingerprint density at radius 3 is 2.33 bits per heavy atom. The van der Waals surface area contributed by atoms with Crippen molar-refractivity contribution in [1.29, 1.82) is 0 Å². The molecule has 0 aliphatic carbocycles. The lowest BCUT2D eigenvalue weighted by molar-refractivity contribution is 0.507. The van der Waals surface area contributed by atoms with Crippen molar-refractivity contribution in [3.05, 3.63) is 28.9 Å². The molecule has 0 saturated carbocycles. The van der Waals surface area contributed by atoms with E-state index in [1.807, 2.05) is 20.0 Å². The summed E-state index contributed by atoms with van der Waals surface area (Å²) in [6.07, 6.45) is 3.94. The lowest BCUT2D eigenvalue weighted by Gasteiger charge is -2.19. The third kappa shape index (κ3) is 3.15. The fourth-order valence-electron chi connectivity index (χ4n) is 1.17. The van der Waals surface area contributed by atoms with Gasteiger partial charge in [0.15, 0.2) is 0 Å². The molecule has 1 aromatic rings. The minimum absolute atomic E-state index is 0.193. The van der Waals surface area contributed by atoms with Crippen LogP contribution in [0.15, 0.2) is 11.8 Å². The SMILES string of the molecule is C/C(=C\c1ncc(C)nc1C)C(C)(C)C. The molecular weight excluding hydrogens is 184 g/mol. The van der Waals surface area contributed by atoms with E-state index in [-0.39, 0.29) is 5.41 Å². The van der Waals surface area contributed by atoms with Crippen molar-refractivity contribution in [2.75, 3.05) is 0 Å². The molecule has 0 radical (unpaired) electrons. The van der Waals surface area contributed by atoms with Crippen LogP contribution in [-0.2, 0) is 0 Å². The summed E-state index contributed by atoms with van der Waals surface area (Å²) in [5.41, 5.74) is 4.47. The normalized spacial score (nSPS) is 13.1. The fraction of sp³-hybridized carbons (Fsp3) is 0.538. The standard InChI is InChI=1S/C13H20N2/c1-9(13(4,5)6)7-12-11(3)15-10(2)8-14-12/h7-8H,1-6H3/b9-7+. The van der Waals surface area contributed by atoms with E-state index < -0.39 is 0 Å². The molecule has 0 fully saturated rings. The third-order valence-electron chi connectivity index (χ3n) is 2.64. The molecule has 0 bridgehead atoms. The monoisotopic (exact) mass is 204 g/mol. The van der Waals surface area contributed by atoms with Crippen LogP contribution in [-0.4, -0.2) is 9.97 Å². The zero-order valence-corrected chi connectivity index (χ0v) is 10.5. The van der Waals surface area contributed by atoms with Gasteiger partial charge >= 0.3 is 0 Å². The molecule has 15 heavy (non-hydrogen) atoms. The Labute approximate surface area is 92.5 Å². The van der Waals surface area contributed by atoms with E-state index in [0.717, 1.165) is 17.1 Å². The first-order chi connectivity index (χ1) is 6.80. The van der Waals surface area contributed by atoms with Gasteiger partial charge in [-0.1, -0.05) is 26.3 Å². The molecule has 82 valence electrons. The predicted octanol–water partition coefficient (Wildman–Crippen LogP) is 3.54. The second-order valence-corrected chi connectivity index (χ2v) is 5.06. The highest BCUT2D eigenvalue weighted by Crippen LogP contribution is 2.26. The van der Waals surface area contributed by atoms with Crippen LogP contribution in [0.4, 0.5) is 0 Å². The second kappa shape index (κ2) is 4.13. The van der Waals surface area contributed by atoms with Gasteiger partial charge in [-0.05, 0) is 32.3 Å². The summed E-state index contributed by atoms with van der Waals surface area (Å²) in [6.45, 7) is 12.7. The third-order valence-corrected chi connectivity index (χ3v) is 2.64. The molecule has 1 heterocycles. The summed E-state index contributed by atoms with van der Waals surface area (Å²) >= 11 is 0. The molecule has 0 aliphatic heterocycles. The second-order valence-electron chi connectivity index (χ2n) is 5.06. The van der Waals surface area contributed by atoms with Crippen LogP contribution in [0.2, 0.25) is 0 Å². The summed E-state index contributed by atoms with van der Waals surface area (Å²) in [4.78, 5) is 8.79. The van der Waals surface area contributed by atoms with Gasteiger partial charge in [0.2, 0.25) is 0 Å². The largest absolute Gasteiger partial charge is 0.255 e. The van der Waals surface area contributed by atoms with E-state index in [2.05, 4.69) is 43.7 Å². The molecule has 0 amide bonds. The first-order valence-corrected chi connectivity index (χ1v) is 5.30. The van der Waals surface area contributed by atoms with Gasteiger partial charge in [0, 0.05) is 6.20 Å². The fourth-order valence-corrected chi connectivity index (χ4v) is 1.17. The van der Waals surface area contributed by atoms with Gasteiger partial charge in [-0.15, -0.1) is 0 Å². The first-order valence-electron chi connectivity index (χ1n) is 5.30. The van der Waals surface area contributed by atoms with Gasteiger partial charge in [-0.2, -0.15) is 0 Å². The molecule has 0 spiro atoms. The summed E-state index contributed by atoms with van der Waals surface area (Å²) < 4.78 is 0. The maximum Gasteiger partial charge on any atom is 0.0842 e. The van der Waals surface area contributed by atoms with Crippen LogP contribution < -0.4 is 0 Å². The maximum atomic E-state index is 4.40. The van der Waals surface area contributed by atoms with Gasteiger partial charge in [-0.3, -0.25) is 9.97 Å². The number of nitrogens with zero attached hydrogens (tertiary/aromatic N) is 2. The Hall–Kier alpha value is -1.18. The quantitative estimate of drug-likeness (QED) is 0.699. The van der Waals surface area contributed by atoms with E-state index in [0.29, 0.717) is 0 Å². The minimum atomic E-state index is 0.193. The van der Waals surface area contributed by atoms with E-state index in [1.54, 1.807) is 0 Å². The Kier molecular flexibility index (Phi) is 3.28. The van der Waals surface area contributed by atoms with Gasteiger partial charge in [0.1, 0.15) is 0 Å². The van der Waals surface area contributed by atoms with Gasteiger partial charge in [-0.25, -0.2) is 0 Å². The molecule has 1 rings (SSSR count). The number of hydrogen-bond acceptors (Lipinski definition) is 2. The molecular formula is C13H20N2. The van der Waals surface area contributed by atoms with Gasteiger partial charge in [0.05, 0.1) is 17.1 Å². The van der Waals surface area contributed by atoms with Crippen molar-refractivity contribution >= 4 is 6.08 Å². The average Bonchev–Trinajstić information content (AvgIpc) is 2.08. The van der Waals surface area contributed by atoms with Crippen LogP contribution in [0, 0.1) is 19.3 Å². The zero-order valence-electron chi connectivity index (χ0n) is 10.5. The minimum Gasteiger partial charge on any atom is -0.255 e. The van der Waals surface area contributed by atoms with Crippen molar-refractivity contribution < 1.29 is 0 Å². The summed E-state index contributed by atoms with van der Waals surface area (Å²) in [7, 11) is 0. The summed E-state index contributed by atoms with van der Waals surface area (Å²) in [5, 5.41) is 0. The van der Waals surface area contributed by atoms with E-state index >= 15 is 0 Å². The molecule has 0 atom stereocenters. The van der Waals surface area contributed by atoms with Crippen LogP contribution in [0.3, 0.4) is 0 Å². The maximum absolute atomic E-state index is 4.40. The predicted molar refractivity (Wildman–Crippen MR) is 64.6 cm³/mol. The number of allylic oxidation sites excluding steroid dienone is 1. The smallest absolute Gasteiger partial charge is 0.0842 e. The average molecular weight is 204 g/mol. The summed E-state index contributed by atoms with van der Waals surface area (Å²) in [6, 6.07) is 0. The van der Waals surface area contributed by atoms with Crippen LogP contribution in [0.1, 0.15) is 44.8 Å². The number of aryl methyl sites for hydroxylation is 2. The highest BCUT2D eigenvalue weighted by atomic mass is 14.8. The Morgan fingerprint density at radius 2 is 1.87 bits per heavy atom. The molecule has 0 saturated heterocycles. The number of hydrogen-bond donors (Lipinski definition) is 0. The Balaban J connectivity index is 3.09. The molecule has 1 aromatic heterocycles. The van der Waals surface area contributed by atoms with Crippen LogP contribution in [0.5, 0.6) is 0 Å². The highest BCUT2D eigenvalue weighted by molar-refractivity contribution is 5.51. The lowest BCUT2D eigenvalue weighted by Crippen LogP contribution is -2.06.